The van der Waals surface area contributed by atoms with E-state index in [0.717, 1.165) is 6.07 Å². The molecule has 0 fully saturated rings. The maximum Gasteiger partial charge on any atom is 0.358 e. The van der Waals surface area contributed by atoms with Gasteiger partial charge in [0.15, 0.2) is 34.7 Å². The summed E-state index contributed by atoms with van der Waals surface area (Å²) in [4.78, 5) is 10.5. The van der Waals surface area contributed by atoms with Crippen LogP contribution < -0.4 is 5.32 Å². The predicted octanol–water partition coefficient (Wildman–Crippen LogP) is 2.54. The molecule has 1 heterocycles. The van der Waals surface area contributed by atoms with Gasteiger partial charge in [0.25, 0.3) is 0 Å². The predicted molar refractivity (Wildman–Crippen MR) is 57.1 cm³/mol. The number of halogens is 4. The van der Waals surface area contributed by atoms with E-state index in [1.165, 1.54) is 0 Å². The van der Waals surface area contributed by atoms with Gasteiger partial charge in [-0.15, -0.1) is 0 Å². The molecule has 0 bridgehead atoms. The minimum absolute atomic E-state index is 0.0762. The molecule has 0 aliphatic heterocycles. The van der Waals surface area contributed by atoms with Crippen LogP contribution in [0, 0.1) is 23.3 Å². The quantitative estimate of drug-likeness (QED) is 0.668. The van der Waals surface area contributed by atoms with Gasteiger partial charge in [0.2, 0.25) is 0 Å². The molecule has 0 saturated heterocycles. The first-order valence-electron chi connectivity index (χ1n) is 5.16. The van der Waals surface area contributed by atoms with Crippen molar-refractivity contribution in [3.05, 3.63) is 46.9 Å². The second-order valence-electron chi connectivity index (χ2n) is 3.68. The van der Waals surface area contributed by atoms with Gasteiger partial charge < -0.3 is 14.9 Å². The van der Waals surface area contributed by atoms with Crippen molar-refractivity contribution in [3.63, 3.8) is 0 Å². The molecular formula is C11H6F4N2O3. The fourth-order valence-electron chi connectivity index (χ4n) is 1.40. The van der Waals surface area contributed by atoms with Gasteiger partial charge >= 0.3 is 5.97 Å². The zero-order valence-electron chi connectivity index (χ0n) is 9.58. The molecule has 1 aromatic carbocycles. The SMILES string of the molecule is O=C(O)c1cc(CNc2c(F)c(F)cc(F)c2F)on1. The third-order valence-corrected chi connectivity index (χ3v) is 2.33. The van der Waals surface area contributed by atoms with E-state index in [-0.39, 0.29) is 11.8 Å². The summed E-state index contributed by atoms with van der Waals surface area (Å²) in [5, 5.41) is 13.8. The number of nitrogens with zero attached hydrogens (tertiary/aromatic N) is 1. The Morgan fingerprint density at radius 2 is 1.80 bits per heavy atom. The lowest BCUT2D eigenvalue weighted by Crippen LogP contribution is -2.06. The normalized spacial score (nSPS) is 10.6. The first-order valence-corrected chi connectivity index (χ1v) is 5.16. The van der Waals surface area contributed by atoms with Crippen LogP contribution >= 0.6 is 0 Å². The molecule has 0 saturated carbocycles. The van der Waals surface area contributed by atoms with E-state index < -0.39 is 47.2 Å². The summed E-state index contributed by atoms with van der Waals surface area (Å²) in [6, 6.07) is 1.08. The van der Waals surface area contributed by atoms with E-state index in [9.17, 15) is 22.4 Å². The first-order chi connectivity index (χ1) is 9.40. The number of aromatic nitrogens is 1. The number of carboxylic acid groups (broad SMARTS) is 1. The Balaban J connectivity index is 2.20. The van der Waals surface area contributed by atoms with Gasteiger partial charge in [-0.05, 0) is 0 Å². The van der Waals surface area contributed by atoms with Crippen molar-refractivity contribution in [2.75, 3.05) is 5.32 Å². The molecule has 0 amide bonds. The van der Waals surface area contributed by atoms with Gasteiger partial charge in [0.05, 0.1) is 6.54 Å². The van der Waals surface area contributed by atoms with E-state index in [1.54, 1.807) is 0 Å². The highest BCUT2D eigenvalue weighted by molar-refractivity contribution is 5.85. The number of nitrogens with one attached hydrogen (secondary N) is 1. The standard InChI is InChI=1S/C11H6F4N2O3/c12-5-2-6(13)9(15)10(8(5)14)16-3-4-1-7(11(18)19)17-20-4/h1-2,16H,3H2,(H,18,19). The maximum atomic E-state index is 13.3. The molecule has 20 heavy (non-hydrogen) atoms. The van der Waals surface area contributed by atoms with Gasteiger partial charge in [-0.3, -0.25) is 0 Å². The number of hydrogen-bond donors (Lipinski definition) is 2. The average molecular weight is 290 g/mol. The Bertz CT molecular complexity index is 646. The fourth-order valence-corrected chi connectivity index (χ4v) is 1.40. The highest BCUT2D eigenvalue weighted by Crippen LogP contribution is 2.24. The van der Waals surface area contributed by atoms with Crippen LogP contribution in [-0.4, -0.2) is 16.2 Å². The van der Waals surface area contributed by atoms with Crippen LogP contribution in [0.15, 0.2) is 16.7 Å². The summed E-state index contributed by atoms with van der Waals surface area (Å²) in [6.07, 6.45) is 0. The Morgan fingerprint density at radius 3 is 2.30 bits per heavy atom. The summed E-state index contributed by atoms with van der Waals surface area (Å²) in [5.74, 6) is -7.74. The van der Waals surface area contributed by atoms with E-state index in [2.05, 4.69) is 15.0 Å². The van der Waals surface area contributed by atoms with Crippen LogP contribution in [0.3, 0.4) is 0 Å². The zero-order valence-corrected chi connectivity index (χ0v) is 9.58. The van der Waals surface area contributed by atoms with Gasteiger partial charge in [0.1, 0.15) is 5.69 Å². The van der Waals surface area contributed by atoms with E-state index in [1.807, 2.05) is 0 Å². The van der Waals surface area contributed by atoms with E-state index >= 15 is 0 Å². The molecule has 2 aromatic rings. The molecule has 0 atom stereocenters. The Morgan fingerprint density at radius 1 is 1.20 bits per heavy atom. The average Bonchev–Trinajstić information content (AvgIpc) is 2.85. The number of carbonyl (C=O) groups is 1. The first kappa shape index (κ1) is 13.8. The second kappa shape index (κ2) is 5.19. The summed E-state index contributed by atoms with van der Waals surface area (Å²) in [7, 11) is 0. The third kappa shape index (κ3) is 2.56. The van der Waals surface area contributed by atoms with Gasteiger partial charge in [-0.2, -0.15) is 0 Å². The van der Waals surface area contributed by atoms with Crippen LogP contribution in [-0.2, 0) is 6.54 Å². The van der Waals surface area contributed by atoms with E-state index in [4.69, 9.17) is 5.11 Å². The summed E-state index contributed by atoms with van der Waals surface area (Å²) in [5.41, 5.74) is -1.43. The minimum atomic E-state index is -1.60. The Labute approximate surface area is 108 Å². The Hall–Kier alpha value is -2.58. The van der Waals surface area contributed by atoms with Gasteiger partial charge in [0, 0.05) is 12.1 Å². The molecule has 0 unspecified atom stereocenters. The molecule has 1 aromatic heterocycles. The number of benzene rings is 1. The maximum absolute atomic E-state index is 13.3. The fraction of sp³-hybridized carbons (Fsp3) is 0.0909. The lowest BCUT2D eigenvalue weighted by molar-refractivity contribution is 0.0685. The van der Waals surface area contributed by atoms with Gasteiger partial charge in [-0.1, -0.05) is 5.16 Å². The molecule has 0 radical (unpaired) electrons. The largest absolute Gasteiger partial charge is 0.476 e. The molecule has 2 rings (SSSR count). The monoisotopic (exact) mass is 290 g/mol. The van der Waals surface area contributed by atoms with E-state index in [0.29, 0.717) is 0 Å². The molecule has 106 valence electrons. The summed E-state index contributed by atoms with van der Waals surface area (Å²) >= 11 is 0. The number of carboxylic acids is 1. The van der Waals surface area contributed by atoms with Crippen molar-refractivity contribution in [2.45, 2.75) is 6.54 Å². The molecule has 0 aliphatic carbocycles. The van der Waals surface area contributed by atoms with Gasteiger partial charge in [-0.25, -0.2) is 22.4 Å². The topological polar surface area (TPSA) is 75.4 Å². The third-order valence-electron chi connectivity index (χ3n) is 2.33. The van der Waals surface area contributed by atoms with Crippen LogP contribution in [0.5, 0.6) is 0 Å². The number of aromatic carboxylic acids is 1. The van der Waals surface area contributed by atoms with Crippen LogP contribution in [0.1, 0.15) is 16.2 Å². The second-order valence-corrected chi connectivity index (χ2v) is 3.68. The molecular weight excluding hydrogens is 284 g/mol. The van der Waals surface area contributed by atoms with Crippen molar-refractivity contribution >= 4 is 11.7 Å². The van der Waals surface area contributed by atoms with Crippen LogP contribution in [0.4, 0.5) is 23.2 Å². The van der Waals surface area contributed by atoms with Crippen molar-refractivity contribution in [2.24, 2.45) is 0 Å². The van der Waals surface area contributed by atoms with Crippen LogP contribution in [0.2, 0.25) is 0 Å². The van der Waals surface area contributed by atoms with Crippen molar-refractivity contribution < 1.29 is 32.0 Å². The lowest BCUT2D eigenvalue weighted by atomic mass is 10.2. The number of rotatable bonds is 4. The molecule has 5 nitrogen and oxygen atoms in total. The summed E-state index contributed by atoms with van der Waals surface area (Å²) in [6.45, 7) is -0.406. The van der Waals surface area contributed by atoms with Crippen molar-refractivity contribution in [3.8, 4) is 0 Å². The minimum Gasteiger partial charge on any atom is -0.476 e. The smallest absolute Gasteiger partial charge is 0.358 e. The summed E-state index contributed by atoms with van der Waals surface area (Å²) < 4.78 is 57.0. The van der Waals surface area contributed by atoms with Crippen molar-refractivity contribution in [1.29, 1.82) is 0 Å². The molecule has 9 heteroatoms. The molecule has 0 spiro atoms. The Kier molecular flexibility index (Phi) is 3.59. The van der Waals surface area contributed by atoms with Crippen molar-refractivity contribution in [1.82, 2.24) is 5.16 Å². The molecule has 0 aliphatic rings. The highest BCUT2D eigenvalue weighted by atomic mass is 19.2. The number of anilines is 1. The number of hydrogen-bond acceptors (Lipinski definition) is 4. The zero-order chi connectivity index (χ0) is 14.9. The highest BCUT2D eigenvalue weighted by Gasteiger charge is 2.19. The lowest BCUT2D eigenvalue weighted by Gasteiger charge is -2.08. The van der Waals surface area contributed by atoms with Crippen LogP contribution in [0.25, 0.3) is 0 Å². The molecule has 2 N–H and O–H groups in total.